The zero-order chi connectivity index (χ0) is 20.3. The molecule has 0 aliphatic heterocycles. The van der Waals surface area contributed by atoms with Crippen LogP contribution in [0.4, 0.5) is 0 Å². The van der Waals surface area contributed by atoms with Crippen LogP contribution in [-0.2, 0) is 13.0 Å². The Kier molecular flexibility index (Phi) is 6.00. The van der Waals surface area contributed by atoms with Crippen molar-refractivity contribution in [2.24, 2.45) is 5.73 Å². The number of ketones is 1. The Hall–Kier alpha value is -2.85. The summed E-state index contributed by atoms with van der Waals surface area (Å²) in [6, 6.07) is 12.9. The number of aromatic nitrogens is 1. The topological polar surface area (TPSA) is 65.1 Å². The van der Waals surface area contributed by atoms with Crippen LogP contribution in [-0.4, -0.2) is 16.3 Å². The van der Waals surface area contributed by atoms with Crippen molar-refractivity contribution in [3.8, 4) is 0 Å². The van der Waals surface area contributed by atoms with Crippen molar-refractivity contribution >= 4 is 34.2 Å². The number of hydrogen-bond acceptors (Lipinski definition) is 2. The van der Waals surface area contributed by atoms with E-state index in [1.165, 1.54) is 0 Å². The molecule has 3 rings (SSSR count). The third-order valence-corrected chi connectivity index (χ3v) is 5.16. The fourth-order valence-electron chi connectivity index (χ4n) is 3.54. The summed E-state index contributed by atoms with van der Waals surface area (Å²) in [6.07, 6.45) is 4.95. The van der Waals surface area contributed by atoms with Crippen LogP contribution in [0, 0.1) is 0 Å². The molecule has 0 aliphatic carbocycles. The van der Waals surface area contributed by atoms with E-state index >= 15 is 0 Å². The molecule has 0 aliphatic rings. The van der Waals surface area contributed by atoms with E-state index in [0.29, 0.717) is 22.7 Å². The highest BCUT2D eigenvalue weighted by Crippen LogP contribution is 2.31. The number of fused-ring (bicyclic) bond motifs is 1. The Labute approximate surface area is 169 Å². The van der Waals surface area contributed by atoms with Gasteiger partial charge < -0.3 is 10.3 Å². The number of primary amides is 1. The second-order valence-corrected chi connectivity index (χ2v) is 7.12. The zero-order valence-corrected chi connectivity index (χ0v) is 16.8. The summed E-state index contributed by atoms with van der Waals surface area (Å²) < 4.78 is 2.09. The number of benzene rings is 2. The third-order valence-electron chi connectivity index (χ3n) is 4.79. The summed E-state index contributed by atoms with van der Waals surface area (Å²) in [5, 5.41) is 1.49. The van der Waals surface area contributed by atoms with Crippen molar-refractivity contribution in [2.45, 2.75) is 33.2 Å². The second-order valence-electron chi connectivity index (χ2n) is 6.71. The van der Waals surface area contributed by atoms with Gasteiger partial charge in [-0.05, 0) is 43.2 Å². The molecule has 0 fully saturated rings. The first kappa shape index (κ1) is 19.9. The first-order chi connectivity index (χ1) is 13.5. The number of carbonyl (C=O) groups is 2. The van der Waals surface area contributed by atoms with Crippen LogP contribution in [0.5, 0.6) is 0 Å². The van der Waals surface area contributed by atoms with Crippen molar-refractivity contribution in [3.05, 3.63) is 82.0 Å². The van der Waals surface area contributed by atoms with Crippen LogP contribution < -0.4 is 5.73 Å². The summed E-state index contributed by atoms with van der Waals surface area (Å²) >= 11 is 6.39. The largest absolute Gasteiger partial charge is 0.366 e. The second kappa shape index (κ2) is 8.44. The van der Waals surface area contributed by atoms with E-state index in [1.54, 1.807) is 24.3 Å². The van der Waals surface area contributed by atoms with Crippen LogP contribution >= 0.6 is 11.6 Å². The summed E-state index contributed by atoms with van der Waals surface area (Å²) in [7, 11) is 0. The molecule has 0 atom stereocenters. The SMILES string of the molecule is C/C=C/C(=O)c1c(CCC)n(Cc2ccccc2Cl)c2cc(C(N)=O)ccc12. The number of allylic oxidation sites excluding steroid dienone is 2. The molecule has 0 spiro atoms. The molecule has 0 saturated heterocycles. The number of halogens is 1. The highest BCUT2D eigenvalue weighted by molar-refractivity contribution is 6.31. The lowest BCUT2D eigenvalue weighted by Gasteiger charge is -2.13. The zero-order valence-electron chi connectivity index (χ0n) is 16.0. The maximum Gasteiger partial charge on any atom is 0.248 e. The van der Waals surface area contributed by atoms with Gasteiger partial charge in [0.1, 0.15) is 0 Å². The minimum absolute atomic E-state index is 0.0410. The summed E-state index contributed by atoms with van der Waals surface area (Å²) in [6.45, 7) is 4.42. The van der Waals surface area contributed by atoms with Gasteiger partial charge in [0.25, 0.3) is 0 Å². The Bertz CT molecular complexity index is 1080. The van der Waals surface area contributed by atoms with Crippen molar-refractivity contribution in [1.29, 1.82) is 0 Å². The monoisotopic (exact) mass is 394 g/mol. The predicted molar refractivity (Wildman–Crippen MR) is 114 cm³/mol. The van der Waals surface area contributed by atoms with Crippen LogP contribution in [0.1, 0.15) is 52.2 Å². The van der Waals surface area contributed by atoms with Crippen molar-refractivity contribution < 1.29 is 9.59 Å². The quantitative estimate of drug-likeness (QED) is 0.444. The third kappa shape index (κ3) is 3.73. The molecule has 2 N–H and O–H groups in total. The molecule has 1 heterocycles. The fraction of sp³-hybridized carbons (Fsp3) is 0.217. The maximum atomic E-state index is 12.9. The molecular weight excluding hydrogens is 372 g/mol. The molecule has 2 aromatic carbocycles. The van der Waals surface area contributed by atoms with E-state index in [-0.39, 0.29) is 5.78 Å². The number of amides is 1. The predicted octanol–water partition coefficient (Wildman–Crippen LogP) is 5.15. The molecule has 28 heavy (non-hydrogen) atoms. The Morgan fingerprint density at radius 1 is 1.18 bits per heavy atom. The average molecular weight is 395 g/mol. The van der Waals surface area contributed by atoms with Crippen molar-refractivity contribution in [2.75, 3.05) is 0 Å². The van der Waals surface area contributed by atoms with Gasteiger partial charge in [-0.1, -0.05) is 55.3 Å². The van der Waals surface area contributed by atoms with E-state index in [0.717, 1.165) is 35.0 Å². The number of nitrogens with zero attached hydrogens (tertiary/aromatic N) is 1. The molecule has 1 aromatic heterocycles. The van der Waals surface area contributed by atoms with Gasteiger partial charge in [-0.15, -0.1) is 0 Å². The number of hydrogen-bond donors (Lipinski definition) is 1. The Morgan fingerprint density at radius 3 is 2.57 bits per heavy atom. The van der Waals surface area contributed by atoms with Gasteiger partial charge in [0.15, 0.2) is 5.78 Å². The molecule has 0 saturated carbocycles. The molecule has 3 aromatic rings. The molecule has 144 valence electrons. The van der Waals surface area contributed by atoms with Gasteiger partial charge in [0.2, 0.25) is 5.91 Å². The Balaban J connectivity index is 2.32. The molecule has 5 heteroatoms. The van der Waals surface area contributed by atoms with Crippen LogP contribution in [0.25, 0.3) is 10.9 Å². The van der Waals surface area contributed by atoms with Gasteiger partial charge in [-0.25, -0.2) is 0 Å². The first-order valence-electron chi connectivity index (χ1n) is 9.33. The van der Waals surface area contributed by atoms with Crippen LogP contribution in [0.3, 0.4) is 0 Å². The molecule has 0 bridgehead atoms. The van der Waals surface area contributed by atoms with E-state index in [2.05, 4.69) is 11.5 Å². The molecular formula is C23H23ClN2O2. The van der Waals surface area contributed by atoms with Crippen molar-refractivity contribution in [1.82, 2.24) is 4.57 Å². The smallest absolute Gasteiger partial charge is 0.248 e. The van der Waals surface area contributed by atoms with Gasteiger partial charge in [0.05, 0.1) is 11.1 Å². The van der Waals surface area contributed by atoms with Crippen LogP contribution in [0.2, 0.25) is 5.02 Å². The molecule has 0 radical (unpaired) electrons. The van der Waals surface area contributed by atoms with Crippen molar-refractivity contribution in [3.63, 3.8) is 0 Å². The summed E-state index contributed by atoms with van der Waals surface area (Å²) in [5.41, 5.74) is 9.30. The van der Waals surface area contributed by atoms with Gasteiger partial charge in [0, 0.05) is 28.2 Å². The van der Waals surface area contributed by atoms with E-state index in [4.69, 9.17) is 17.3 Å². The first-order valence-corrected chi connectivity index (χ1v) is 9.71. The number of nitrogens with two attached hydrogens (primary N) is 1. The number of carbonyl (C=O) groups excluding carboxylic acids is 2. The van der Waals surface area contributed by atoms with E-state index in [1.807, 2.05) is 37.3 Å². The van der Waals surface area contributed by atoms with Gasteiger partial charge >= 0.3 is 0 Å². The molecule has 0 unspecified atom stereocenters. The lowest BCUT2D eigenvalue weighted by atomic mass is 10.0. The summed E-state index contributed by atoms with van der Waals surface area (Å²) in [4.78, 5) is 24.6. The Morgan fingerprint density at radius 2 is 1.93 bits per heavy atom. The highest BCUT2D eigenvalue weighted by atomic mass is 35.5. The van der Waals surface area contributed by atoms with Crippen LogP contribution in [0.15, 0.2) is 54.6 Å². The lowest BCUT2D eigenvalue weighted by Crippen LogP contribution is -2.11. The standard InChI is InChI=1S/C23H23ClN2O2/c1-3-7-19-22(21(27)8-4-2)17-12-11-15(23(25)28)13-20(17)26(19)14-16-9-5-6-10-18(16)24/h4-6,8-13H,3,7,14H2,1-2H3,(H2,25,28)/b8-4+. The lowest BCUT2D eigenvalue weighted by molar-refractivity contribution is 0.0999. The van der Waals surface area contributed by atoms with E-state index < -0.39 is 5.91 Å². The van der Waals surface area contributed by atoms with Gasteiger partial charge in [-0.3, -0.25) is 9.59 Å². The maximum absolute atomic E-state index is 12.9. The molecule has 4 nitrogen and oxygen atoms in total. The van der Waals surface area contributed by atoms with E-state index in [9.17, 15) is 9.59 Å². The summed E-state index contributed by atoms with van der Waals surface area (Å²) in [5.74, 6) is -0.536. The highest BCUT2D eigenvalue weighted by Gasteiger charge is 2.22. The normalized spacial score (nSPS) is 11.4. The fourth-order valence-corrected chi connectivity index (χ4v) is 3.73. The molecule has 1 amide bonds. The average Bonchev–Trinajstić information content (AvgIpc) is 2.97. The minimum atomic E-state index is -0.495. The minimum Gasteiger partial charge on any atom is -0.366 e. The van der Waals surface area contributed by atoms with Gasteiger partial charge in [-0.2, -0.15) is 0 Å². The number of rotatable bonds is 7.